The quantitative estimate of drug-likeness (QED) is 0.424. The maximum atomic E-state index is 13.6. The molecule has 0 aromatic rings. The van der Waals surface area contributed by atoms with Gasteiger partial charge < -0.3 is 14.6 Å². The van der Waals surface area contributed by atoms with Gasteiger partial charge >= 0.3 is 5.97 Å². The number of allylic oxidation sites excluding steroid dienone is 4. The summed E-state index contributed by atoms with van der Waals surface area (Å²) in [6.07, 6.45) is -0.938. The molecule has 5 rings (SSSR count). The molecule has 3 heterocycles. The predicted molar refractivity (Wildman–Crippen MR) is 129 cm³/mol. The first kappa shape index (κ1) is 25.4. The molecule has 0 amide bonds. The zero-order valence-electron chi connectivity index (χ0n) is 21.7. The number of ketones is 4. The Morgan fingerprint density at radius 2 is 1.46 bits per heavy atom. The van der Waals surface area contributed by atoms with Crippen molar-refractivity contribution in [3.05, 3.63) is 44.8 Å². The van der Waals surface area contributed by atoms with E-state index in [0.717, 1.165) is 0 Å². The van der Waals surface area contributed by atoms with E-state index in [9.17, 15) is 29.1 Å². The van der Waals surface area contributed by atoms with Crippen LogP contribution in [0.5, 0.6) is 0 Å². The molecule has 2 aliphatic carbocycles. The van der Waals surface area contributed by atoms with Gasteiger partial charge in [0, 0.05) is 52.0 Å². The lowest BCUT2D eigenvalue weighted by molar-refractivity contribution is -0.171. The molecule has 0 spiro atoms. The number of carbonyl (C=O) groups is 5. The van der Waals surface area contributed by atoms with Crippen molar-refractivity contribution in [2.24, 2.45) is 0 Å². The van der Waals surface area contributed by atoms with Crippen LogP contribution in [0.15, 0.2) is 44.8 Å². The van der Waals surface area contributed by atoms with Gasteiger partial charge in [0.25, 0.3) is 0 Å². The van der Waals surface area contributed by atoms with Crippen LogP contribution in [0.4, 0.5) is 0 Å². The minimum Gasteiger partial charge on any atom is -0.492 e. The van der Waals surface area contributed by atoms with E-state index in [0.29, 0.717) is 27.9 Å². The maximum absolute atomic E-state index is 13.6. The van der Waals surface area contributed by atoms with Gasteiger partial charge in [0.2, 0.25) is 5.78 Å². The molecule has 0 saturated carbocycles. The number of likely N-dealkylation sites (N-methyl/N-ethyl adjacent to an activating group) is 1. The fourth-order valence-corrected chi connectivity index (χ4v) is 6.68. The normalized spacial score (nSPS) is 32.6. The van der Waals surface area contributed by atoms with Crippen molar-refractivity contribution in [2.45, 2.75) is 70.9 Å². The fourth-order valence-electron chi connectivity index (χ4n) is 6.68. The Labute approximate surface area is 214 Å². The lowest BCUT2D eigenvalue weighted by atomic mass is 9.68. The highest BCUT2D eigenvalue weighted by atomic mass is 16.5. The minimum absolute atomic E-state index is 0.0150. The molecule has 2 bridgehead atoms. The van der Waals surface area contributed by atoms with Gasteiger partial charge in [-0.1, -0.05) is 0 Å². The number of methoxy groups -OCH3 is 1. The topological polar surface area (TPSA) is 131 Å². The summed E-state index contributed by atoms with van der Waals surface area (Å²) < 4.78 is 10.7. The number of ether oxygens (including phenoxy) is 2. The van der Waals surface area contributed by atoms with Gasteiger partial charge in [-0.25, -0.2) is 0 Å². The Hall–Kier alpha value is -3.21. The number of rotatable bonds is 3. The van der Waals surface area contributed by atoms with E-state index < -0.39 is 42.1 Å². The number of aliphatic hydroxyl groups is 1. The molecular weight excluding hydrogens is 480 g/mol. The van der Waals surface area contributed by atoms with Crippen LogP contribution in [-0.4, -0.2) is 95.2 Å². The van der Waals surface area contributed by atoms with Crippen LogP contribution in [0.1, 0.15) is 40.5 Å². The van der Waals surface area contributed by atoms with Crippen LogP contribution >= 0.6 is 0 Å². The molecule has 196 valence electrons. The van der Waals surface area contributed by atoms with Crippen LogP contribution in [0.3, 0.4) is 0 Å². The van der Waals surface area contributed by atoms with Crippen molar-refractivity contribution >= 4 is 29.1 Å². The van der Waals surface area contributed by atoms with Gasteiger partial charge in [0.05, 0.1) is 25.2 Å². The van der Waals surface area contributed by atoms with Crippen LogP contribution in [0.2, 0.25) is 0 Å². The molecule has 37 heavy (non-hydrogen) atoms. The number of aliphatic hydroxyl groups excluding tert-OH is 1. The van der Waals surface area contributed by atoms with Crippen LogP contribution in [-0.2, 0) is 33.4 Å². The third-order valence-corrected chi connectivity index (χ3v) is 8.64. The molecule has 5 atom stereocenters. The number of piperazine rings is 1. The smallest absolute Gasteiger partial charge is 0.302 e. The van der Waals surface area contributed by atoms with E-state index in [1.54, 1.807) is 32.7 Å². The summed E-state index contributed by atoms with van der Waals surface area (Å²) in [5, 5.41) is 11.6. The molecular formula is C27H30N2O8. The summed E-state index contributed by atoms with van der Waals surface area (Å²) in [6, 6.07) is -2.75. The molecule has 3 aliphatic heterocycles. The van der Waals surface area contributed by atoms with Crippen molar-refractivity contribution in [1.82, 2.24) is 9.80 Å². The Morgan fingerprint density at radius 1 is 0.892 bits per heavy atom. The summed E-state index contributed by atoms with van der Waals surface area (Å²) in [6.45, 7) is 5.76. The highest BCUT2D eigenvalue weighted by Gasteiger charge is 2.59. The highest BCUT2D eigenvalue weighted by Crippen LogP contribution is 2.48. The van der Waals surface area contributed by atoms with Gasteiger partial charge in [-0.3, -0.25) is 33.8 Å². The lowest BCUT2D eigenvalue weighted by Crippen LogP contribution is -2.74. The zero-order valence-corrected chi connectivity index (χ0v) is 21.7. The van der Waals surface area contributed by atoms with Gasteiger partial charge in [0.15, 0.2) is 23.1 Å². The highest BCUT2D eigenvalue weighted by molar-refractivity contribution is 6.26. The second-order valence-corrected chi connectivity index (χ2v) is 10.3. The number of Topliss-reactive ketones (excluding diaryl/α,β-unsaturated/α-hetero) is 4. The standard InChI is InChI=1S/C27H30N2O8/c1-10-11(2)24(33)19-14(22(10)31)7-16-21-20-15(23(32)12(3)26(36-6)25(20)34)8-17(28(21)5)27(35)29(16)18(19)9-37-13(4)30/h16-18,21,27,35H,7-9H2,1-6H3/t16-,17-,18-,21-,27-/m0/s1. The summed E-state index contributed by atoms with van der Waals surface area (Å²) in [7, 11) is 3.13. The largest absolute Gasteiger partial charge is 0.492 e. The zero-order chi connectivity index (χ0) is 27.1. The molecule has 10 nitrogen and oxygen atoms in total. The molecule has 0 aromatic carbocycles. The molecule has 10 heteroatoms. The lowest BCUT2D eigenvalue weighted by Gasteiger charge is -2.60. The Morgan fingerprint density at radius 3 is 2.08 bits per heavy atom. The number of hydrogen-bond acceptors (Lipinski definition) is 10. The fraction of sp³-hybridized carbons (Fsp3) is 0.519. The first-order valence-corrected chi connectivity index (χ1v) is 12.3. The third-order valence-electron chi connectivity index (χ3n) is 8.64. The monoisotopic (exact) mass is 510 g/mol. The molecule has 1 fully saturated rings. The Balaban J connectivity index is 1.69. The number of hydrogen-bond donors (Lipinski definition) is 1. The number of nitrogens with zero attached hydrogens (tertiary/aromatic N) is 2. The van der Waals surface area contributed by atoms with Crippen molar-refractivity contribution in [1.29, 1.82) is 0 Å². The number of fused-ring (bicyclic) bond motifs is 5. The predicted octanol–water partition coefficient (Wildman–Crippen LogP) is 0.551. The van der Waals surface area contributed by atoms with E-state index in [4.69, 9.17) is 9.47 Å². The first-order chi connectivity index (χ1) is 17.4. The van der Waals surface area contributed by atoms with Crippen molar-refractivity contribution in [3.8, 4) is 0 Å². The van der Waals surface area contributed by atoms with E-state index >= 15 is 0 Å². The average molecular weight is 511 g/mol. The van der Waals surface area contributed by atoms with E-state index in [1.165, 1.54) is 14.0 Å². The summed E-state index contributed by atoms with van der Waals surface area (Å²) in [4.78, 5) is 69.1. The summed E-state index contributed by atoms with van der Waals surface area (Å²) in [5.41, 5.74) is 2.06. The second kappa shape index (κ2) is 8.68. The third kappa shape index (κ3) is 3.39. The van der Waals surface area contributed by atoms with Gasteiger partial charge in [-0.05, 0) is 40.7 Å². The Kier molecular flexibility index (Phi) is 5.97. The SMILES string of the molecule is COC1=C(C)C(=O)C2=C(C1=O)[C@@H]1[C@@H]3CC4=C(C(=O)C(C)=C(C)C4=O)[C@H](COC(C)=O)N3[C@@H](O)[C@H](C2)N1C. The average Bonchev–Trinajstić information content (AvgIpc) is 2.86. The van der Waals surface area contributed by atoms with E-state index in [1.807, 2.05) is 4.90 Å². The van der Waals surface area contributed by atoms with Crippen LogP contribution < -0.4 is 0 Å². The first-order valence-electron chi connectivity index (χ1n) is 12.3. The van der Waals surface area contributed by atoms with Crippen molar-refractivity contribution in [3.63, 3.8) is 0 Å². The molecule has 0 aromatic heterocycles. The van der Waals surface area contributed by atoms with Crippen LogP contribution in [0.25, 0.3) is 0 Å². The van der Waals surface area contributed by atoms with Gasteiger partial charge in [0.1, 0.15) is 12.8 Å². The Bertz CT molecular complexity index is 1320. The van der Waals surface area contributed by atoms with E-state index in [2.05, 4.69) is 0 Å². The number of esters is 1. The second-order valence-electron chi connectivity index (χ2n) is 10.3. The summed E-state index contributed by atoms with van der Waals surface area (Å²) >= 11 is 0. The summed E-state index contributed by atoms with van der Waals surface area (Å²) in [5.74, 6) is -1.85. The van der Waals surface area contributed by atoms with Gasteiger partial charge in [-0.15, -0.1) is 0 Å². The molecule has 5 aliphatic rings. The maximum Gasteiger partial charge on any atom is 0.302 e. The van der Waals surface area contributed by atoms with Crippen molar-refractivity contribution in [2.75, 3.05) is 20.8 Å². The minimum atomic E-state index is -1.15. The van der Waals surface area contributed by atoms with Crippen molar-refractivity contribution < 1.29 is 38.6 Å². The molecule has 0 radical (unpaired) electrons. The van der Waals surface area contributed by atoms with Gasteiger partial charge in [-0.2, -0.15) is 0 Å². The van der Waals surface area contributed by atoms with E-state index in [-0.39, 0.29) is 53.7 Å². The number of carbonyl (C=O) groups excluding carboxylic acids is 5. The molecule has 0 unspecified atom stereocenters. The van der Waals surface area contributed by atoms with Crippen LogP contribution in [0, 0.1) is 0 Å². The molecule has 1 N–H and O–H groups in total. The molecule has 1 saturated heterocycles.